The predicted molar refractivity (Wildman–Crippen MR) is 82.0 cm³/mol. The number of nitrogens with zero attached hydrogens (tertiary/aromatic N) is 2. The Morgan fingerprint density at radius 1 is 1.47 bits per heavy atom. The van der Waals surface area contributed by atoms with E-state index in [1.54, 1.807) is 6.20 Å². The zero-order valence-electron chi connectivity index (χ0n) is 11.7. The van der Waals surface area contributed by atoms with Crippen molar-refractivity contribution in [3.05, 3.63) is 29.6 Å². The van der Waals surface area contributed by atoms with E-state index >= 15 is 0 Å². The maximum Gasteiger partial charge on any atom is 0.122 e. The number of aliphatic hydroxyl groups excluding tert-OH is 1. The van der Waals surface area contributed by atoms with Gasteiger partial charge in [-0.15, -0.1) is 0 Å². The molecule has 0 aliphatic rings. The lowest BCUT2D eigenvalue weighted by molar-refractivity contribution is 0.136. The number of aromatic nitrogens is 1. The lowest BCUT2D eigenvalue weighted by atomic mass is 10.1. The highest BCUT2D eigenvalue weighted by atomic mass is 32.1. The van der Waals surface area contributed by atoms with Crippen LogP contribution >= 0.6 is 12.2 Å². The average molecular weight is 281 g/mol. The minimum absolute atomic E-state index is 0.170. The Morgan fingerprint density at radius 2 is 2.16 bits per heavy atom. The summed E-state index contributed by atoms with van der Waals surface area (Å²) in [4.78, 5) is 6.75. The molecule has 1 rings (SSSR count). The van der Waals surface area contributed by atoms with E-state index in [1.165, 1.54) is 0 Å². The largest absolute Gasteiger partial charge is 0.395 e. The van der Waals surface area contributed by atoms with Crippen LogP contribution in [0, 0.1) is 0 Å². The van der Waals surface area contributed by atoms with Gasteiger partial charge in [0.05, 0.1) is 12.3 Å². The highest BCUT2D eigenvalue weighted by Crippen LogP contribution is 2.13. The van der Waals surface area contributed by atoms with Crippen LogP contribution in [0.5, 0.6) is 0 Å². The minimum atomic E-state index is 0.170. The second-order valence-corrected chi connectivity index (χ2v) is 5.02. The van der Waals surface area contributed by atoms with Gasteiger partial charge < -0.3 is 10.8 Å². The first-order chi connectivity index (χ1) is 9.12. The molecule has 0 fully saturated rings. The third-order valence-electron chi connectivity index (χ3n) is 3.31. The molecular weight excluding hydrogens is 258 g/mol. The molecule has 3 N–H and O–H groups in total. The molecule has 5 heteroatoms. The van der Waals surface area contributed by atoms with Gasteiger partial charge in [-0.05, 0) is 30.5 Å². The molecule has 0 aliphatic heterocycles. The van der Waals surface area contributed by atoms with E-state index in [1.807, 2.05) is 12.1 Å². The van der Waals surface area contributed by atoms with Crippen LogP contribution < -0.4 is 5.73 Å². The molecule has 0 aliphatic carbocycles. The number of hydrogen-bond acceptors (Lipinski definition) is 4. The summed E-state index contributed by atoms with van der Waals surface area (Å²) < 4.78 is 0. The molecule has 0 bridgehead atoms. The van der Waals surface area contributed by atoms with Crippen molar-refractivity contribution in [2.24, 2.45) is 5.73 Å². The quantitative estimate of drug-likeness (QED) is 0.710. The maximum atomic E-state index is 9.20. The highest BCUT2D eigenvalue weighted by molar-refractivity contribution is 7.80. The zero-order chi connectivity index (χ0) is 14.3. The zero-order valence-corrected chi connectivity index (χ0v) is 12.5. The molecule has 1 heterocycles. The lowest BCUT2D eigenvalue weighted by Gasteiger charge is -2.29. The topological polar surface area (TPSA) is 62.4 Å². The normalized spacial score (nSPS) is 11.2. The van der Waals surface area contributed by atoms with E-state index in [-0.39, 0.29) is 6.61 Å². The molecule has 0 atom stereocenters. The number of rotatable bonds is 8. The number of aliphatic hydroxyl groups is 1. The van der Waals surface area contributed by atoms with Gasteiger partial charge in [0, 0.05) is 25.3 Å². The van der Waals surface area contributed by atoms with Crippen molar-refractivity contribution < 1.29 is 5.11 Å². The Hall–Kier alpha value is -1.04. The van der Waals surface area contributed by atoms with Crippen LogP contribution in [0.25, 0.3) is 0 Å². The van der Waals surface area contributed by atoms with Gasteiger partial charge in [0.25, 0.3) is 0 Å². The van der Waals surface area contributed by atoms with Gasteiger partial charge in [0.1, 0.15) is 4.99 Å². The molecular formula is C14H23N3OS. The Labute approximate surface area is 120 Å². The molecule has 1 aromatic rings. The van der Waals surface area contributed by atoms with Gasteiger partial charge in [-0.3, -0.25) is 9.88 Å². The molecule has 0 saturated heterocycles. The van der Waals surface area contributed by atoms with Crippen molar-refractivity contribution in [1.82, 2.24) is 9.88 Å². The molecule has 0 unspecified atom stereocenters. The maximum absolute atomic E-state index is 9.20. The van der Waals surface area contributed by atoms with Crippen LogP contribution in [0.3, 0.4) is 0 Å². The average Bonchev–Trinajstić information content (AvgIpc) is 2.40. The lowest BCUT2D eigenvalue weighted by Crippen LogP contribution is -2.36. The predicted octanol–water partition coefficient (Wildman–Crippen LogP) is 1.70. The third-order valence-corrected chi connectivity index (χ3v) is 3.52. The standard InChI is InChI=1S/C14H23N3OS/c1-3-12(4-2)17(7-8-18)10-11-5-6-16-13(9-11)14(15)19/h5-6,9,12,18H,3-4,7-8,10H2,1-2H3,(H2,15,19). The van der Waals surface area contributed by atoms with Gasteiger partial charge in [-0.2, -0.15) is 0 Å². The summed E-state index contributed by atoms with van der Waals surface area (Å²) in [6.07, 6.45) is 3.88. The molecule has 0 saturated carbocycles. The van der Waals surface area contributed by atoms with Gasteiger partial charge >= 0.3 is 0 Å². The Kier molecular flexibility index (Phi) is 6.91. The minimum Gasteiger partial charge on any atom is -0.395 e. The monoisotopic (exact) mass is 281 g/mol. The summed E-state index contributed by atoms with van der Waals surface area (Å²) in [7, 11) is 0. The van der Waals surface area contributed by atoms with Crippen molar-refractivity contribution in [3.63, 3.8) is 0 Å². The van der Waals surface area contributed by atoms with Crippen molar-refractivity contribution in [3.8, 4) is 0 Å². The molecule has 0 radical (unpaired) electrons. The third kappa shape index (κ3) is 4.86. The SMILES string of the molecule is CCC(CC)N(CCO)Cc1ccnc(C(N)=S)c1. The summed E-state index contributed by atoms with van der Waals surface area (Å²) in [6, 6.07) is 4.37. The fourth-order valence-corrected chi connectivity index (χ4v) is 2.38. The van der Waals surface area contributed by atoms with Crippen molar-refractivity contribution in [2.45, 2.75) is 39.3 Å². The summed E-state index contributed by atoms with van der Waals surface area (Å²) in [5, 5.41) is 9.20. The van der Waals surface area contributed by atoms with E-state index < -0.39 is 0 Å². The van der Waals surface area contributed by atoms with Gasteiger partial charge in [-0.25, -0.2) is 0 Å². The van der Waals surface area contributed by atoms with Gasteiger partial charge in [-0.1, -0.05) is 26.1 Å². The van der Waals surface area contributed by atoms with Crippen LogP contribution in [-0.4, -0.2) is 39.2 Å². The smallest absolute Gasteiger partial charge is 0.122 e. The fraction of sp³-hybridized carbons (Fsp3) is 0.571. The number of pyridine rings is 1. The van der Waals surface area contributed by atoms with E-state index in [9.17, 15) is 5.11 Å². The number of hydrogen-bond donors (Lipinski definition) is 2. The van der Waals surface area contributed by atoms with Crippen molar-refractivity contribution in [2.75, 3.05) is 13.2 Å². The van der Waals surface area contributed by atoms with Crippen LogP contribution in [0.1, 0.15) is 37.9 Å². The van der Waals surface area contributed by atoms with Crippen molar-refractivity contribution in [1.29, 1.82) is 0 Å². The first-order valence-electron chi connectivity index (χ1n) is 6.72. The number of nitrogens with two attached hydrogens (primary N) is 1. The van der Waals surface area contributed by atoms with E-state index in [4.69, 9.17) is 18.0 Å². The first-order valence-corrected chi connectivity index (χ1v) is 7.12. The van der Waals surface area contributed by atoms with Crippen LogP contribution in [0.15, 0.2) is 18.3 Å². The van der Waals surface area contributed by atoms with Crippen LogP contribution in [0.4, 0.5) is 0 Å². The van der Waals surface area contributed by atoms with E-state index in [2.05, 4.69) is 23.7 Å². The molecule has 0 aromatic carbocycles. The molecule has 106 valence electrons. The van der Waals surface area contributed by atoms with Crippen molar-refractivity contribution >= 4 is 17.2 Å². The summed E-state index contributed by atoms with van der Waals surface area (Å²) in [6.45, 7) is 5.98. The van der Waals surface area contributed by atoms with E-state index in [0.29, 0.717) is 23.3 Å². The fourth-order valence-electron chi connectivity index (χ4n) is 2.27. The van der Waals surface area contributed by atoms with Crippen LogP contribution in [-0.2, 0) is 6.54 Å². The molecule has 0 spiro atoms. The summed E-state index contributed by atoms with van der Waals surface area (Å²) >= 11 is 4.95. The molecule has 19 heavy (non-hydrogen) atoms. The molecule has 1 aromatic heterocycles. The molecule has 0 amide bonds. The second-order valence-electron chi connectivity index (χ2n) is 4.58. The van der Waals surface area contributed by atoms with Crippen LogP contribution in [0.2, 0.25) is 0 Å². The van der Waals surface area contributed by atoms with E-state index in [0.717, 1.165) is 24.9 Å². The Bertz CT molecular complexity index is 407. The molecule has 4 nitrogen and oxygen atoms in total. The second kappa shape index (κ2) is 8.19. The Balaban J connectivity index is 2.83. The summed E-state index contributed by atoms with van der Waals surface area (Å²) in [5.41, 5.74) is 7.38. The summed E-state index contributed by atoms with van der Waals surface area (Å²) in [5.74, 6) is 0. The first kappa shape index (κ1) is 16.0. The highest BCUT2D eigenvalue weighted by Gasteiger charge is 2.15. The van der Waals surface area contributed by atoms with Gasteiger partial charge in [0.15, 0.2) is 0 Å². The van der Waals surface area contributed by atoms with Gasteiger partial charge in [0.2, 0.25) is 0 Å². The Morgan fingerprint density at radius 3 is 2.68 bits per heavy atom. The number of thiocarbonyl (C=S) groups is 1.